The zero-order chi connectivity index (χ0) is 16.7. The van der Waals surface area contributed by atoms with Crippen LogP contribution in [0, 0.1) is 6.92 Å². The Bertz CT molecular complexity index is 500. The van der Waals surface area contributed by atoms with Crippen molar-refractivity contribution in [3.63, 3.8) is 0 Å². The molecular weight excluding hydrogens is 415 g/mol. The molecule has 2 atom stereocenters. The number of ether oxygens (including phenoxy) is 1. The number of aryl methyl sites for hydroxylation is 1. The SMILES string of the molecule is CCC(C)NC(N)=NCC(c1ccc(C)cc1)N1CCOCC1.I. The lowest BCUT2D eigenvalue weighted by molar-refractivity contribution is 0.0180. The molecule has 1 heterocycles. The normalized spacial score (nSPS) is 18.5. The first-order valence-corrected chi connectivity index (χ1v) is 8.55. The zero-order valence-corrected chi connectivity index (χ0v) is 17.3. The first-order chi connectivity index (χ1) is 11.1. The van der Waals surface area contributed by atoms with Gasteiger partial charge >= 0.3 is 0 Å². The minimum Gasteiger partial charge on any atom is -0.379 e. The zero-order valence-electron chi connectivity index (χ0n) is 15.0. The topological polar surface area (TPSA) is 62.9 Å². The van der Waals surface area contributed by atoms with Gasteiger partial charge in [0.1, 0.15) is 0 Å². The van der Waals surface area contributed by atoms with Gasteiger partial charge in [0.05, 0.1) is 25.8 Å². The lowest BCUT2D eigenvalue weighted by Gasteiger charge is -2.34. The van der Waals surface area contributed by atoms with Gasteiger partial charge in [-0.1, -0.05) is 36.8 Å². The van der Waals surface area contributed by atoms with Gasteiger partial charge in [-0.25, -0.2) is 0 Å². The van der Waals surface area contributed by atoms with Gasteiger partial charge in [0.15, 0.2) is 5.96 Å². The molecule has 1 aromatic rings. The Morgan fingerprint density at radius 3 is 2.50 bits per heavy atom. The summed E-state index contributed by atoms with van der Waals surface area (Å²) < 4.78 is 5.48. The summed E-state index contributed by atoms with van der Waals surface area (Å²) in [7, 11) is 0. The van der Waals surface area contributed by atoms with E-state index in [1.54, 1.807) is 0 Å². The van der Waals surface area contributed by atoms with Crippen molar-refractivity contribution in [3.05, 3.63) is 35.4 Å². The van der Waals surface area contributed by atoms with E-state index in [-0.39, 0.29) is 30.0 Å². The number of hydrogen-bond donors (Lipinski definition) is 2. The summed E-state index contributed by atoms with van der Waals surface area (Å²) in [6.45, 7) is 10.5. The van der Waals surface area contributed by atoms with Crippen LogP contribution in [-0.4, -0.2) is 49.7 Å². The second kappa shape index (κ2) is 10.9. The van der Waals surface area contributed by atoms with E-state index in [2.05, 4.69) is 60.2 Å². The van der Waals surface area contributed by atoms with Crippen LogP contribution in [0.2, 0.25) is 0 Å². The third-order valence-corrected chi connectivity index (χ3v) is 4.39. The van der Waals surface area contributed by atoms with Crippen LogP contribution in [0.3, 0.4) is 0 Å². The lowest BCUT2D eigenvalue weighted by atomic mass is 10.0. The van der Waals surface area contributed by atoms with Crippen LogP contribution < -0.4 is 11.1 Å². The summed E-state index contributed by atoms with van der Waals surface area (Å²) in [6, 6.07) is 9.31. The highest BCUT2D eigenvalue weighted by molar-refractivity contribution is 14.0. The highest BCUT2D eigenvalue weighted by Gasteiger charge is 2.22. The van der Waals surface area contributed by atoms with Crippen molar-refractivity contribution in [2.45, 2.75) is 39.3 Å². The summed E-state index contributed by atoms with van der Waals surface area (Å²) >= 11 is 0. The Balaban J connectivity index is 0.00000288. The van der Waals surface area contributed by atoms with Crippen LogP contribution in [0.5, 0.6) is 0 Å². The van der Waals surface area contributed by atoms with Crippen molar-refractivity contribution in [2.24, 2.45) is 10.7 Å². The number of nitrogens with one attached hydrogen (secondary N) is 1. The van der Waals surface area contributed by atoms with E-state index in [1.165, 1.54) is 11.1 Å². The first kappa shape index (κ1) is 21.2. The molecule has 6 heteroatoms. The number of morpholine rings is 1. The number of guanidine groups is 1. The molecule has 0 bridgehead atoms. The van der Waals surface area contributed by atoms with Gasteiger partial charge in [0.2, 0.25) is 0 Å². The molecule has 2 unspecified atom stereocenters. The van der Waals surface area contributed by atoms with Crippen molar-refractivity contribution in [2.75, 3.05) is 32.8 Å². The minimum atomic E-state index is 0. The van der Waals surface area contributed by atoms with E-state index < -0.39 is 0 Å². The second-order valence-corrected chi connectivity index (χ2v) is 6.25. The monoisotopic (exact) mass is 446 g/mol. The fourth-order valence-electron chi connectivity index (χ4n) is 2.69. The molecule has 1 fully saturated rings. The molecule has 5 nitrogen and oxygen atoms in total. The van der Waals surface area contributed by atoms with Crippen LogP contribution >= 0.6 is 24.0 Å². The van der Waals surface area contributed by atoms with Crippen molar-refractivity contribution in [1.82, 2.24) is 10.2 Å². The highest BCUT2D eigenvalue weighted by Crippen LogP contribution is 2.22. The predicted octanol–water partition coefficient (Wildman–Crippen LogP) is 2.69. The molecule has 0 aromatic heterocycles. The Morgan fingerprint density at radius 2 is 1.92 bits per heavy atom. The van der Waals surface area contributed by atoms with E-state index in [4.69, 9.17) is 10.5 Å². The molecule has 24 heavy (non-hydrogen) atoms. The summed E-state index contributed by atoms with van der Waals surface area (Å²) in [5.41, 5.74) is 8.59. The number of aliphatic imine (C=N–C) groups is 1. The molecule has 1 aliphatic rings. The van der Waals surface area contributed by atoms with Crippen molar-refractivity contribution < 1.29 is 4.74 Å². The minimum absolute atomic E-state index is 0. The van der Waals surface area contributed by atoms with Gasteiger partial charge in [0, 0.05) is 19.1 Å². The average molecular weight is 446 g/mol. The molecular formula is C18H31IN4O. The quantitative estimate of drug-likeness (QED) is 0.401. The highest BCUT2D eigenvalue weighted by atomic mass is 127. The molecule has 0 amide bonds. The maximum atomic E-state index is 6.03. The lowest BCUT2D eigenvalue weighted by Crippen LogP contribution is -2.42. The fraction of sp³-hybridized carbons (Fsp3) is 0.611. The van der Waals surface area contributed by atoms with Crippen LogP contribution in [-0.2, 0) is 4.74 Å². The maximum absolute atomic E-state index is 6.03. The predicted molar refractivity (Wildman–Crippen MR) is 111 cm³/mol. The average Bonchev–Trinajstić information content (AvgIpc) is 2.57. The summed E-state index contributed by atoms with van der Waals surface area (Å²) in [5.74, 6) is 0.532. The van der Waals surface area contributed by atoms with Gasteiger partial charge < -0.3 is 15.8 Å². The number of nitrogens with two attached hydrogens (primary N) is 1. The Hall–Kier alpha value is -0.860. The molecule has 0 aliphatic carbocycles. The standard InChI is InChI=1S/C18H30N4O.HI/c1-4-15(3)21-18(19)20-13-17(22-9-11-23-12-10-22)16-7-5-14(2)6-8-16;/h5-8,15,17H,4,9-13H2,1-3H3,(H3,19,20,21);1H. The summed E-state index contributed by atoms with van der Waals surface area (Å²) in [4.78, 5) is 7.03. The molecule has 0 radical (unpaired) electrons. The van der Waals surface area contributed by atoms with Crippen LogP contribution in [0.4, 0.5) is 0 Å². The summed E-state index contributed by atoms with van der Waals surface area (Å²) in [6.07, 6.45) is 1.03. The largest absolute Gasteiger partial charge is 0.379 e. The van der Waals surface area contributed by atoms with E-state index in [1.807, 2.05) is 0 Å². The van der Waals surface area contributed by atoms with Crippen molar-refractivity contribution >= 4 is 29.9 Å². The molecule has 1 aromatic carbocycles. The van der Waals surface area contributed by atoms with Gasteiger partial charge in [-0.05, 0) is 25.8 Å². The number of benzene rings is 1. The third kappa shape index (κ3) is 6.57. The van der Waals surface area contributed by atoms with Gasteiger partial charge in [-0.2, -0.15) is 0 Å². The molecule has 0 spiro atoms. The Kier molecular flexibility index (Phi) is 9.61. The number of nitrogens with zero attached hydrogens (tertiary/aromatic N) is 2. The van der Waals surface area contributed by atoms with Gasteiger partial charge in [-0.3, -0.25) is 9.89 Å². The van der Waals surface area contributed by atoms with E-state index in [9.17, 15) is 0 Å². The fourth-order valence-corrected chi connectivity index (χ4v) is 2.69. The van der Waals surface area contributed by atoms with Crippen LogP contribution in [0.1, 0.15) is 37.4 Å². The molecule has 3 N–H and O–H groups in total. The maximum Gasteiger partial charge on any atom is 0.188 e. The molecule has 2 rings (SSSR count). The Morgan fingerprint density at radius 1 is 1.29 bits per heavy atom. The van der Waals surface area contributed by atoms with E-state index in [0.29, 0.717) is 18.5 Å². The molecule has 136 valence electrons. The van der Waals surface area contributed by atoms with E-state index >= 15 is 0 Å². The number of rotatable bonds is 6. The van der Waals surface area contributed by atoms with Crippen LogP contribution in [0.15, 0.2) is 29.3 Å². The first-order valence-electron chi connectivity index (χ1n) is 8.55. The third-order valence-electron chi connectivity index (χ3n) is 4.39. The molecule has 0 saturated carbocycles. The molecule has 1 saturated heterocycles. The number of hydrogen-bond acceptors (Lipinski definition) is 3. The van der Waals surface area contributed by atoms with E-state index in [0.717, 1.165) is 32.7 Å². The summed E-state index contributed by atoms with van der Waals surface area (Å²) in [5, 5.41) is 3.23. The molecule has 1 aliphatic heterocycles. The second-order valence-electron chi connectivity index (χ2n) is 6.25. The smallest absolute Gasteiger partial charge is 0.188 e. The number of halogens is 1. The Labute approximate surface area is 163 Å². The van der Waals surface area contributed by atoms with Crippen LogP contribution in [0.25, 0.3) is 0 Å². The van der Waals surface area contributed by atoms with Gasteiger partial charge in [0.25, 0.3) is 0 Å². The van der Waals surface area contributed by atoms with Gasteiger partial charge in [-0.15, -0.1) is 24.0 Å². The van der Waals surface area contributed by atoms with Crippen molar-refractivity contribution in [1.29, 1.82) is 0 Å². The van der Waals surface area contributed by atoms with Crippen molar-refractivity contribution in [3.8, 4) is 0 Å².